The first kappa shape index (κ1) is 13.7. The van der Waals surface area contributed by atoms with Gasteiger partial charge >= 0.3 is 0 Å². The highest BCUT2D eigenvalue weighted by molar-refractivity contribution is 7.84. The maximum absolute atomic E-state index is 11.5. The highest BCUT2D eigenvalue weighted by Crippen LogP contribution is 2.22. The molecule has 0 aromatic heterocycles. The van der Waals surface area contributed by atoms with Crippen molar-refractivity contribution in [2.24, 2.45) is 5.73 Å². The van der Waals surface area contributed by atoms with Gasteiger partial charge < -0.3 is 11.1 Å². The number of nitrogens with two attached hydrogens (primary N) is 1. The summed E-state index contributed by atoms with van der Waals surface area (Å²) in [5.74, 6) is -0.265. The maximum Gasteiger partial charge on any atom is 0.229 e. The second-order valence-electron chi connectivity index (χ2n) is 3.42. The molecule has 0 aliphatic carbocycles. The molecule has 0 saturated carbocycles. The Morgan fingerprint density at radius 1 is 1.59 bits per heavy atom. The van der Waals surface area contributed by atoms with Crippen molar-refractivity contribution in [1.82, 2.24) is 5.32 Å². The predicted octanol–water partition coefficient (Wildman–Crippen LogP) is 1.17. The van der Waals surface area contributed by atoms with E-state index < -0.39 is 10.8 Å². The minimum Gasteiger partial charge on any atom is -0.386 e. The molecule has 0 heterocycles. The number of hydrogen-bond acceptors (Lipinski definition) is 3. The van der Waals surface area contributed by atoms with Gasteiger partial charge in [-0.25, -0.2) is 0 Å². The fourth-order valence-electron chi connectivity index (χ4n) is 1.36. The molecule has 6 heteroatoms. The molecule has 0 bridgehead atoms. The van der Waals surface area contributed by atoms with Gasteiger partial charge in [0.25, 0.3) is 0 Å². The van der Waals surface area contributed by atoms with Crippen molar-refractivity contribution in [3.63, 3.8) is 0 Å². The predicted molar refractivity (Wildman–Crippen MR) is 69.0 cm³/mol. The van der Waals surface area contributed by atoms with Crippen LogP contribution < -0.4 is 11.1 Å². The van der Waals surface area contributed by atoms with Crippen molar-refractivity contribution < 1.29 is 9.00 Å². The lowest BCUT2D eigenvalue weighted by atomic mass is 10.1. The second kappa shape index (κ2) is 5.84. The Morgan fingerprint density at radius 3 is 2.76 bits per heavy atom. The zero-order valence-electron chi connectivity index (χ0n) is 9.33. The van der Waals surface area contributed by atoms with E-state index in [0.717, 1.165) is 0 Å². The van der Waals surface area contributed by atoms with Gasteiger partial charge in [-0.1, -0.05) is 24.2 Å². The molecule has 0 radical (unpaired) electrons. The van der Waals surface area contributed by atoms with Crippen molar-refractivity contribution in [2.75, 3.05) is 6.26 Å². The normalized spacial score (nSPS) is 11.9. The second-order valence-corrected chi connectivity index (χ2v) is 5.18. The number of hydrogen-bond donors (Lipinski definition) is 2. The van der Waals surface area contributed by atoms with Crippen LogP contribution in [0.4, 0.5) is 0 Å². The number of halogens is 1. The molecule has 0 fully saturated rings. The van der Waals surface area contributed by atoms with E-state index in [0.29, 0.717) is 15.5 Å². The molecule has 0 aliphatic rings. The molecule has 0 spiro atoms. The van der Waals surface area contributed by atoms with E-state index in [1.165, 1.54) is 6.26 Å². The summed E-state index contributed by atoms with van der Waals surface area (Å²) in [6.45, 7) is 3.37. The average Bonchev–Trinajstić information content (AvgIpc) is 2.19. The Kier molecular flexibility index (Phi) is 4.72. The number of carbonyl (C=O) groups excluding carboxylic acids is 1. The first-order chi connectivity index (χ1) is 7.91. The molecule has 4 nitrogen and oxygen atoms in total. The molecule has 1 amide bonds. The van der Waals surface area contributed by atoms with Crippen molar-refractivity contribution in [2.45, 2.75) is 11.3 Å². The molecule has 1 aromatic rings. The van der Waals surface area contributed by atoms with Crippen LogP contribution in [-0.2, 0) is 22.0 Å². The van der Waals surface area contributed by atoms with Crippen molar-refractivity contribution in [1.29, 1.82) is 0 Å². The lowest BCUT2D eigenvalue weighted by Crippen LogP contribution is -2.28. The smallest absolute Gasteiger partial charge is 0.229 e. The lowest BCUT2D eigenvalue weighted by Gasteiger charge is -2.09. The summed E-state index contributed by atoms with van der Waals surface area (Å²) in [6.07, 6.45) is 1.56. The van der Waals surface area contributed by atoms with E-state index in [9.17, 15) is 9.00 Å². The van der Waals surface area contributed by atoms with E-state index >= 15 is 0 Å². The van der Waals surface area contributed by atoms with Crippen LogP contribution >= 0.6 is 11.6 Å². The zero-order chi connectivity index (χ0) is 13.0. The SMILES string of the molecule is C=C(N)NC(=O)Cc1c(Cl)cccc1S(C)=O. The molecule has 1 rings (SSSR count). The quantitative estimate of drug-likeness (QED) is 0.864. The third-order valence-electron chi connectivity index (χ3n) is 2.02. The van der Waals surface area contributed by atoms with Gasteiger partial charge in [0.2, 0.25) is 5.91 Å². The van der Waals surface area contributed by atoms with E-state index in [-0.39, 0.29) is 18.1 Å². The van der Waals surface area contributed by atoms with E-state index in [2.05, 4.69) is 11.9 Å². The summed E-state index contributed by atoms with van der Waals surface area (Å²) in [6, 6.07) is 5.03. The first-order valence-electron chi connectivity index (χ1n) is 4.77. The van der Waals surface area contributed by atoms with Gasteiger partial charge in [0.1, 0.15) is 0 Å². The van der Waals surface area contributed by atoms with E-state index in [1.54, 1.807) is 18.2 Å². The van der Waals surface area contributed by atoms with Crippen LogP contribution in [0.5, 0.6) is 0 Å². The van der Waals surface area contributed by atoms with E-state index in [4.69, 9.17) is 17.3 Å². The summed E-state index contributed by atoms with van der Waals surface area (Å²) in [5.41, 5.74) is 5.81. The minimum absolute atomic E-state index is 0.0187. The van der Waals surface area contributed by atoms with Crippen molar-refractivity contribution >= 4 is 28.3 Å². The average molecular weight is 273 g/mol. The van der Waals surface area contributed by atoms with Crippen LogP contribution in [0.3, 0.4) is 0 Å². The van der Waals surface area contributed by atoms with Gasteiger partial charge in [0.15, 0.2) is 0 Å². The number of nitrogens with one attached hydrogen (secondary N) is 1. The Morgan fingerprint density at radius 2 is 2.24 bits per heavy atom. The molecular weight excluding hydrogens is 260 g/mol. The summed E-state index contributed by atoms with van der Waals surface area (Å²) in [7, 11) is -1.20. The number of rotatable bonds is 4. The standard InChI is InChI=1S/C11H13ClN2O2S/c1-7(13)14-11(15)6-8-9(12)4-3-5-10(8)17(2)16/h3-5H,1,6,13H2,2H3,(H,14,15). The molecule has 0 aliphatic heterocycles. The molecule has 3 N–H and O–H groups in total. The van der Waals surface area contributed by atoms with Gasteiger partial charge in [-0.3, -0.25) is 9.00 Å². The summed E-state index contributed by atoms with van der Waals surface area (Å²) in [4.78, 5) is 12.1. The Bertz CT molecular complexity index is 488. The first-order valence-corrected chi connectivity index (χ1v) is 6.70. The van der Waals surface area contributed by atoms with Crippen LogP contribution in [0.25, 0.3) is 0 Å². The van der Waals surface area contributed by atoms with Crippen LogP contribution in [-0.4, -0.2) is 16.4 Å². The van der Waals surface area contributed by atoms with Crippen molar-refractivity contribution in [3.05, 3.63) is 41.2 Å². The third-order valence-corrected chi connectivity index (χ3v) is 3.38. The Hall–Kier alpha value is -1.33. The molecule has 17 heavy (non-hydrogen) atoms. The Balaban J connectivity index is 3.01. The Labute approximate surface area is 107 Å². The maximum atomic E-state index is 11.5. The van der Waals surface area contributed by atoms with Gasteiger partial charge in [-0.2, -0.15) is 0 Å². The summed E-state index contributed by atoms with van der Waals surface area (Å²) in [5, 5.41) is 2.78. The fourth-order valence-corrected chi connectivity index (χ4v) is 2.46. The highest BCUT2D eigenvalue weighted by atomic mass is 35.5. The lowest BCUT2D eigenvalue weighted by molar-refractivity contribution is -0.119. The van der Waals surface area contributed by atoms with Crippen molar-refractivity contribution in [3.8, 4) is 0 Å². The summed E-state index contributed by atoms with van der Waals surface area (Å²) < 4.78 is 11.5. The van der Waals surface area contributed by atoms with Gasteiger partial charge in [0.05, 0.1) is 23.0 Å². The third kappa shape index (κ3) is 3.87. The van der Waals surface area contributed by atoms with Crippen LogP contribution in [0.1, 0.15) is 5.56 Å². The van der Waals surface area contributed by atoms with Crippen LogP contribution in [0.15, 0.2) is 35.5 Å². The summed E-state index contributed by atoms with van der Waals surface area (Å²) >= 11 is 5.99. The molecule has 1 unspecified atom stereocenters. The molecular formula is C11H13ClN2O2S. The van der Waals surface area contributed by atoms with Crippen LogP contribution in [0, 0.1) is 0 Å². The fraction of sp³-hybridized carbons (Fsp3) is 0.182. The zero-order valence-corrected chi connectivity index (χ0v) is 10.9. The minimum atomic E-state index is -1.20. The number of carbonyl (C=O) groups is 1. The number of amides is 1. The van der Waals surface area contributed by atoms with Gasteiger partial charge in [-0.15, -0.1) is 0 Å². The molecule has 0 saturated heterocycles. The molecule has 1 aromatic carbocycles. The topological polar surface area (TPSA) is 72.2 Å². The van der Waals surface area contributed by atoms with Gasteiger partial charge in [0, 0.05) is 16.2 Å². The number of benzene rings is 1. The van der Waals surface area contributed by atoms with Crippen LogP contribution in [0.2, 0.25) is 5.02 Å². The van der Waals surface area contributed by atoms with Gasteiger partial charge in [-0.05, 0) is 17.7 Å². The monoisotopic (exact) mass is 272 g/mol. The molecule has 1 atom stereocenters. The largest absolute Gasteiger partial charge is 0.386 e. The van der Waals surface area contributed by atoms with E-state index in [1.807, 2.05) is 0 Å². The molecule has 92 valence electrons. The highest BCUT2D eigenvalue weighted by Gasteiger charge is 2.13.